The molecule has 1 heterocycles. The van der Waals surface area contributed by atoms with Crippen LogP contribution in [-0.4, -0.2) is 33.0 Å². The van der Waals surface area contributed by atoms with Crippen LogP contribution in [-0.2, 0) is 11.3 Å². The topological polar surface area (TPSA) is 59.8 Å². The van der Waals surface area contributed by atoms with Gasteiger partial charge in [0.25, 0.3) is 0 Å². The number of aryl methyl sites for hydroxylation is 1. The van der Waals surface area contributed by atoms with Gasteiger partial charge in [-0.3, -0.25) is 4.79 Å². The molecule has 168 valence electrons. The fourth-order valence-corrected chi connectivity index (χ4v) is 4.73. The summed E-state index contributed by atoms with van der Waals surface area (Å²) in [5.74, 6) is 1.22. The normalized spacial score (nSPS) is 11.0. The lowest BCUT2D eigenvalue weighted by Gasteiger charge is -2.19. The molecule has 5 nitrogen and oxygen atoms in total. The average Bonchev–Trinajstić information content (AvgIpc) is 3.27. The number of carbonyl (C=O) groups is 1. The summed E-state index contributed by atoms with van der Waals surface area (Å²) in [4.78, 5) is 12.7. The van der Waals surface area contributed by atoms with Gasteiger partial charge >= 0.3 is 0 Å². The van der Waals surface area contributed by atoms with Crippen molar-refractivity contribution in [2.75, 3.05) is 12.3 Å². The van der Waals surface area contributed by atoms with E-state index in [4.69, 9.17) is 0 Å². The third-order valence-electron chi connectivity index (χ3n) is 5.66. The average molecular weight is 457 g/mol. The van der Waals surface area contributed by atoms with Gasteiger partial charge in [0.2, 0.25) is 5.91 Å². The van der Waals surface area contributed by atoms with Crippen molar-refractivity contribution in [1.82, 2.24) is 20.1 Å². The van der Waals surface area contributed by atoms with Crippen molar-refractivity contribution in [2.45, 2.75) is 31.5 Å². The zero-order valence-corrected chi connectivity index (χ0v) is 19.8. The van der Waals surface area contributed by atoms with Gasteiger partial charge in [0.15, 0.2) is 11.0 Å². The lowest BCUT2D eigenvalue weighted by Crippen LogP contribution is -2.30. The number of carbonyl (C=O) groups excluding carboxylic acids is 1. The molecule has 4 aromatic rings. The highest BCUT2D eigenvalue weighted by molar-refractivity contribution is 7.99. The van der Waals surface area contributed by atoms with Gasteiger partial charge in [0.05, 0.1) is 5.75 Å². The zero-order chi connectivity index (χ0) is 23.0. The van der Waals surface area contributed by atoms with E-state index in [-0.39, 0.29) is 11.8 Å². The highest BCUT2D eigenvalue weighted by Crippen LogP contribution is 2.27. The van der Waals surface area contributed by atoms with Gasteiger partial charge in [0, 0.05) is 24.6 Å². The molecule has 0 saturated heterocycles. The van der Waals surface area contributed by atoms with Crippen molar-refractivity contribution in [3.63, 3.8) is 0 Å². The Bertz CT molecular complexity index is 1150. The number of hydrogen-bond acceptors (Lipinski definition) is 4. The monoisotopic (exact) mass is 456 g/mol. The van der Waals surface area contributed by atoms with Gasteiger partial charge in [-0.15, -0.1) is 10.2 Å². The summed E-state index contributed by atoms with van der Waals surface area (Å²) >= 11 is 1.42. The Hall–Kier alpha value is -3.38. The quantitative estimate of drug-likeness (QED) is 0.347. The molecule has 0 saturated carbocycles. The SMILES string of the molecule is CCn1c(SCC(=O)NCC(c2ccccc2)c2ccccc2)nnc1-c1ccccc1C. The Labute approximate surface area is 199 Å². The molecule has 3 aromatic carbocycles. The zero-order valence-electron chi connectivity index (χ0n) is 18.9. The molecule has 0 atom stereocenters. The van der Waals surface area contributed by atoms with Gasteiger partial charge in [-0.05, 0) is 30.5 Å². The number of nitrogens with zero attached hydrogens (tertiary/aromatic N) is 3. The molecular formula is C27H28N4OS. The maximum atomic E-state index is 12.7. The van der Waals surface area contributed by atoms with E-state index < -0.39 is 0 Å². The molecule has 0 radical (unpaired) electrons. The van der Waals surface area contributed by atoms with Gasteiger partial charge in [-0.25, -0.2) is 0 Å². The third-order valence-corrected chi connectivity index (χ3v) is 6.63. The Morgan fingerprint density at radius 2 is 1.52 bits per heavy atom. The van der Waals surface area contributed by atoms with E-state index in [1.165, 1.54) is 22.9 Å². The van der Waals surface area contributed by atoms with Gasteiger partial charge in [-0.2, -0.15) is 0 Å². The van der Waals surface area contributed by atoms with E-state index in [1.54, 1.807) is 0 Å². The van der Waals surface area contributed by atoms with Crippen molar-refractivity contribution >= 4 is 17.7 Å². The van der Waals surface area contributed by atoms with Gasteiger partial charge in [0.1, 0.15) is 0 Å². The van der Waals surface area contributed by atoms with Crippen LogP contribution in [0.3, 0.4) is 0 Å². The Morgan fingerprint density at radius 1 is 0.909 bits per heavy atom. The smallest absolute Gasteiger partial charge is 0.230 e. The summed E-state index contributed by atoms with van der Waals surface area (Å²) in [7, 11) is 0. The third kappa shape index (κ3) is 5.52. The first kappa shape index (κ1) is 22.8. The highest BCUT2D eigenvalue weighted by atomic mass is 32.2. The molecule has 1 N–H and O–H groups in total. The maximum Gasteiger partial charge on any atom is 0.230 e. The van der Waals surface area contributed by atoms with Crippen molar-refractivity contribution in [2.24, 2.45) is 0 Å². The number of thioether (sulfide) groups is 1. The Balaban J connectivity index is 1.42. The molecule has 4 rings (SSSR count). The Morgan fingerprint density at radius 3 is 2.12 bits per heavy atom. The molecule has 0 aliphatic heterocycles. The molecule has 6 heteroatoms. The summed E-state index contributed by atoms with van der Waals surface area (Å²) in [6.07, 6.45) is 0. The highest BCUT2D eigenvalue weighted by Gasteiger charge is 2.18. The van der Waals surface area contributed by atoms with Crippen molar-refractivity contribution in [1.29, 1.82) is 0 Å². The summed E-state index contributed by atoms with van der Waals surface area (Å²) in [6, 6.07) is 28.7. The summed E-state index contributed by atoms with van der Waals surface area (Å²) in [5.41, 5.74) is 4.59. The summed E-state index contributed by atoms with van der Waals surface area (Å²) in [5, 5.41) is 12.6. The van der Waals surface area contributed by atoms with Crippen LogP contribution in [0, 0.1) is 6.92 Å². The van der Waals surface area contributed by atoms with Crippen LogP contribution in [0.2, 0.25) is 0 Å². The summed E-state index contributed by atoms with van der Waals surface area (Å²) < 4.78 is 2.07. The van der Waals surface area contributed by atoms with Crippen LogP contribution in [0.15, 0.2) is 90.1 Å². The number of aromatic nitrogens is 3. The first-order valence-electron chi connectivity index (χ1n) is 11.2. The molecule has 0 unspecified atom stereocenters. The minimum Gasteiger partial charge on any atom is -0.354 e. The molecule has 1 amide bonds. The van der Waals surface area contributed by atoms with Crippen LogP contribution in [0.25, 0.3) is 11.4 Å². The predicted molar refractivity (Wildman–Crippen MR) is 134 cm³/mol. The minimum absolute atomic E-state index is 0.0139. The van der Waals surface area contributed by atoms with E-state index in [0.29, 0.717) is 12.3 Å². The van der Waals surface area contributed by atoms with Gasteiger partial charge < -0.3 is 9.88 Å². The molecule has 0 fully saturated rings. The minimum atomic E-state index is -0.0139. The first-order chi connectivity index (χ1) is 16.2. The van der Waals surface area contributed by atoms with Gasteiger partial charge in [-0.1, -0.05) is 96.7 Å². The molecule has 0 aliphatic carbocycles. The van der Waals surface area contributed by atoms with Crippen LogP contribution < -0.4 is 5.32 Å². The van der Waals surface area contributed by atoms with E-state index in [2.05, 4.69) is 70.3 Å². The van der Waals surface area contributed by atoms with Crippen LogP contribution in [0.4, 0.5) is 0 Å². The summed E-state index contributed by atoms with van der Waals surface area (Å²) in [6.45, 7) is 5.42. The Kier molecular flexibility index (Phi) is 7.58. The van der Waals surface area contributed by atoms with E-state index >= 15 is 0 Å². The largest absolute Gasteiger partial charge is 0.354 e. The molecule has 0 aliphatic rings. The van der Waals surface area contributed by atoms with Crippen molar-refractivity contribution in [3.05, 3.63) is 102 Å². The van der Waals surface area contributed by atoms with E-state index in [0.717, 1.165) is 28.7 Å². The molecular weight excluding hydrogens is 428 g/mol. The number of benzene rings is 3. The molecule has 0 bridgehead atoms. The number of hydrogen-bond donors (Lipinski definition) is 1. The fraction of sp³-hybridized carbons (Fsp3) is 0.222. The second kappa shape index (κ2) is 11.0. The second-order valence-corrected chi connectivity index (χ2v) is 8.77. The molecule has 1 aromatic heterocycles. The van der Waals surface area contributed by atoms with Crippen molar-refractivity contribution in [3.8, 4) is 11.4 Å². The van der Waals surface area contributed by atoms with E-state index in [1.807, 2.05) is 48.5 Å². The number of amides is 1. The maximum absolute atomic E-state index is 12.7. The number of rotatable bonds is 9. The lowest BCUT2D eigenvalue weighted by molar-refractivity contribution is -0.118. The fourth-order valence-electron chi connectivity index (χ4n) is 3.90. The first-order valence-corrected chi connectivity index (χ1v) is 12.1. The second-order valence-electron chi connectivity index (χ2n) is 7.83. The van der Waals surface area contributed by atoms with Crippen LogP contribution in [0.5, 0.6) is 0 Å². The lowest BCUT2D eigenvalue weighted by atomic mass is 9.91. The van der Waals surface area contributed by atoms with E-state index in [9.17, 15) is 4.79 Å². The molecule has 33 heavy (non-hydrogen) atoms. The standard InChI is InChI=1S/C27H28N4OS/c1-3-31-26(23-17-11-10-12-20(23)2)29-30-27(31)33-19-25(32)28-18-24(21-13-6-4-7-14-21)22-15-8-5-9-16-22/h4-17,24H,3,18-19H2,1-2H3,(H,28,32). The molecule has 0 spiro atoms. The van der Waals surface area contributed by atoms with Crippen LogP contribution in [0.1, 0.15) is 29.5 Å². The predicted octanol–water partition coefficient (Wildman–Crippen LogP) is 5.31. The number of nitrogens with one attached hydrogen (secondary N) is 1. The van der Waals surface area contributed by atoms with Crippen LogP contribution >= 0.6 is 11.8 Å². The van der Waals surface area contributed by atoms with Crippen molar-refractivity contribution < 1.29 is 4.79 Å².